The van der Waals surface area contributed by atoms with Gasteiger partial charge in [0, 0.05) is 44.1 Å². The molecule has 0 atom stereocenters. The van der Waals surface area contributed by atoms with Crippen molar-refractivity contribution in [3.8, 4) is 5.88 Å². The number of sulfone groups is 1. The number of rotatable bonds is 9. The van der Waals surface area contributed by atoms with Crippen molar-refractivity contribution in [3.63, 3.8) is 0 Å². The van der Waals surface area contributed by atoms with Crippen LogP contribution >= 0.6 is 23.2 Å². The van der Waals surface area contributed by atoms with Crippen molar-refractivity contribution in [2.45, 2.75) is 24.3 Å². The number of hydrogen-bond donors (Lipinski definition) is 0. The molecule has 0 amide bonds. The Morgan fingerprint density at radius 1 is 1.21 bits per heavy atom. The third-order valence-corrected chi connectivity index (χ3v) is 6.60. The van der Waals surface area contributed by atoms with Crippen LogP contribution in [0.5, 0.6) is 5.88 Å². The highest BCUT2D eigenvalue weighted by atomic mass is 35.5. The molecule has 0 aliphatic heterocycles. The molecule has 34 heavy (non-hydrogen) atoms. The van der Waals surface area contributed by atoms with Crippen molar-refractivity contribution in [2.75, 3.05) is 12.9 Å². The molecule has 0 fully saturated rings. The number of hydrogen-bond acceptors (Lipinski definition) is 7. The summed E-state index contributed by atoms with van der Waals surface area (Å²) in [5.41, 5.74) is 0.887. The van der Waals surface area contributed by atoms with E-state index in [4.69, 9.17) is 32.7 Å². The number of nitrogens with zero attached hydrogens (tertiary/aromatic N) is 4. The molecule has 1 aromatic carbocycles. The molecular formula is C20H20Cl2F2N4O5S. The normalized spacial score (nSPS) is 11.9. The van der Waals surface area contributed by atoms with Gasteiger partial charge in [-0.15, -0.1) is 0 Å². The highest BCUT2D eigenvalue weighted by Gasteiger charge is 2.24. The van der Waals surface area contributed by atoms with E-state index >= 15 is 0 Å². The van der Waals surface area contributed by atoms with Crippen LogP contribution in [0, 0.1) is 0 Å². The smallest absolute Gasteiger partial charge is 0.367 e. The van der Waals surface area contributed by atoms with Gasteiger partial charge in [-0.2, -0.15) is 10.2 Å². The third kappa shape index (κ3) is 5.93. The topological polar surface area (TPSA) is 105 Å². The van der Waals surface area contributed by atoms with Crippen molar-refractivity contribution in [1.82, 2.24) is 19.6 Å². The van der Waals surface area contributed by atoms with Crippen LogP contribution in [0.15, 0.2) is 29.4 Å². The van der Waals surface area contributed by atoms with Gasteiger partial charge >= 0.3 is 5.97 Å². The fourth-order valence-electron chi connectivity index (χ4n) is 3.18. The van der Waals surface area contributed by atoms with Crippen LogP contribution in [0.2, 0.25) is 10.0 Å². The molecule has 0 saturated carbocycles. The van der Waals surface area contributed by atoms with Gasteiger partial charge < -0.3 is 9.47 Å². The number of alkyl halides is 2. The van der Waals surface area contributed by atoms with Gasteiger partial charge in [0.05, 0.1) is 27.7 Å². The summed E-state index contributed by atoms with van der Waals surface area (Å²) in [7, 11) is -0.548. The molecule has 14 heteroatoms. The average molecular weight is 537 g/mol. The zero-order chi connectivity index (χ0) is 25.2. The molecule has 0 spiro atoms. The highest BCUT2D eigenvalue weighted by molar-refractivity contribution is 7.90. The summed E-state index contributed by atoms with van der Waals surface area (Å²) in [6, 6.07) is 2.82. The quantitative estimate of drug-likeness (QED) is 0.385. The van der Waals surface area contributed by atoms with E-state index in [0.29, 0.717) is 11.1 Å². The Kier molecular flexibility index (Phi) is 7.96. The first-order chi connectivity index (χ1) is 15.9. The lowest BCUT2D eigenvalue weighted by atomic mass is 10.0. The first-order valence-electron chi connectivity index (χ1n) is 9.66. The average Bonchev–Trinajstić information content (AvgIpc) is 3.25. The van der Waals surface area contributed by atoms with Crippen LogP contribution in [-0.4, -0.2) is 53.2 Å². The van der Waals surface area contributed by atoms with Crippen LogP contribution in [0.3, 0.4) is 0 Å². The number of carbonyl (C=O) groups excluding carboxylic acids is 1. The zero-order valence-electron chi connectivity index (χ0n) is 18.3. The fraction of sp³-hybridized carbons (Fsp3) is 0.350. The Balaban J connectivity index is 1.92. The van der Waals surface area contributed by atoms with E-state index in [0.717, 1.165) is 6.26 Å². The molecule has 2 heterocycles. The maximum Gasteiger partial charge on any atom is 0.367 e. The second-order valence-electron chi connectivity index (χ2n) is 7.36. The number of esters is 1. The third-order valence-electron chi connectivity index (χ3n) is 4.67. The summed E-state index contributed by atoms with van der Waals surface area (Å²) in [6.07, 6.45) is 1.26. The van der Waals surface area contributed by atoms with Gasteiger partial charge in [-0.25, -0.2) is 26.7 Å². The molecule has 3 rings (SSSR count). The second kappa shape index (κ2) is 10.4. The monoisotopic (exact) mass is 536 g/mol. The maximum atomic E-state index is 12.6. The molecule has 3 aromatic rings. The SMILES string of the molecule is Cn1cc(Cl)c(C(=O)Oc2c(Cc3ccc(S(C)(=O)=O)c(COCC(F)F)c3Cl)cnn2C)n1. The van der Waals surface area contributed by atoms with Gasteiger partial charge in [-0.05, 0) is 11.6 Å². The lowest BCUT2D eigenvalue weighted by Crippen LogP contribution is -2.14. The van der Waals surface area contributed by atoms with E-state index in [-0.39, 0.29) is 38.5 Å². The molecule has 184 valence electrons. The Labute approximate surface area is 204 Å². The molecule has 0 bridgehead atoms. The fourth-order valence-corrected chi connectivity index (χ4v) is 4.71. The number of halogens is 4. The van der Waals surface area contributed by atoms with Crippen LogP contribution in [-0.2, 0) is 41.7 Å². The summed E-state index contributed by atoms with van der Waals surface area (Å²) in [4.78, 5) is 12.4. The number of benzene rings is 1. The lowest BCUT2D eigenvalue weighted by molar-refractivity contribution is 0.00923. The Hall–Kier alpha value is -2.54. The van der Waals surface area contributed by atoms with Crippen molar-refractivity contribution in [3.05, 3.63) is 57.0 Å². The van der Waals surface area contributed by atoms with Crippen LogP contribution in [0.4, 0.5) is 8.78 Å². The van der Waals surface area contributed by atoms with Crippen molar-refractivity contribution in [1.29, 1.82) is 0 Å². The van der Waals surface area contributed by atoms with Gasteiger partial charge in [0.25, 0.3) is 6.43 Å². The predicted molar refractivity (Wildman–Crippen MR) is 119 cm³/mol. The molecule has 0 radical (unpaired) electrons. The molecule has 0 aliphatic carbocycles. The van der Waals surface area contributed by atoms with Crippen LogP contribution in [0.25, 0.3) is 0 Å². The van der Waals surface area contributed by atoms with Crippen LogP contribution in [0.1, 0.15) is 27.2 Å². The van der Waals surface area contributed by atoms with Crippen molar-refractivity contribution in [2.24, 2.45) is 14.1 Å². The van der Waals surface area contributed by atoms with E-state index in [1.165, 1.54) is 33.9 Å². The molecule has 2 aromatic heterocycles. The number of ether oxygens (including phenoxy) is 2. The van der Waals surface area contributed by atoms with Gasteiger partial charge in [0.2, 0.25) is 5.88 Å². The maximum absolute atomic E-state index is 12.6. The van der Waals surface area contributed by atoms with Crippen molar-refractivity contribution >= 4 is 39.0 Å². The summed E-state index contributed by atoms with van der Waals surface area (Å²) >= 11 is 12.5. The predicted octanol–water partition coefficient (Wildman–Crippen LogP) is 3.46. The first kappa shape index (κ1) is 26.1. The van der Waals surface area contributed by atoms with E-state index < -0.39 is 35.4 Å². The minimum Gasteiger partial charge on any atom is -0.403 e. The number of aromatic nitrogens is 4. The Morgan fingerprint density at radius 2 is 1.91 bits per heavy atom. The first-order valence-corrected chi connectivity index (χ1v) is 12.3. The number of aryl methyl sites for hydroxylation is 2. The molecule has 0 aliphatic rings. The minimum absolute atomic E-state index is 0.0334. The van der Waals surface area contributed by atoms with Crippen molar-refractivity contribution < 1.29 is 31.5 Å². The second-order valence-corrected chi connectivity index (χ2v) is 10.1. The van der Waals surface area contributed by atoms with Gasteiger partial charge in [-0.3, -0.25) is 4.68 Å². The standard InChI is InChI=1S/C20H20Cl2F2N4O5S/c1-27-8-14(21)18(26-27)20(29)33-19-12(7-25-28(19)2)6-11-4-5-15(34(3,30)31)13(17(11)22)9-32-10-16(23)24/h4-5,7-8,16H,6,9-10H2,1-3H3. The summed E-state index contributed by atoms with van der Waals surface area (Å²) in [6.45, 7) is -1.30. The zero-order valence-corrected chi connectivity index (χ0v) is 20.6. The minimum atomic E-state index is -3.71. The Morgan fingerprint density at radius 3 is 2.50 bits per heavy atom. The van der Waals surface area contributed by atoms with E-state index in [9.17, 15) is 22.0 Å². The molecule has 0 N–H and O–H groups in total. The summed E-state index contributed by atoms with van der Waals surface area (Å²) in [5, 5.41) is 8.22. The largest absolute Gasteiger partial charge is 0.403 e. The van der Waals surface area contributed by atoms with E-state index in [1.807, 2.05) is 0 Å². The van der Waals surface area contributed by atoms with Gasteiger partial charge in [-0.1, -0.05) is 29.3 Å². The summed E-state index contributed by atoms with van der Waals surface area (Å²) < 4.78 is 62.4. The summed E-state index contributed by atoms with van der Waals surface area (Å²) in [5.74, 6) is -0.694. The van der Waals surface area contributed by atoms with Gasteiger partial charge in [0.15, 0.2) is 15.5 Å². The molecule has 0 unspecified atom stereocenters. The van der Waals surface area contributed by atoms with E-state index in [1.54, 1.807) is 14.1 Å². The van der Waals surface area contributed by atoms with Crippen LogP contribution < -0.4 is 4.74 Å². The lowest BCUT2D eigenvalue weighted by Gasteiger charge is -2.15. The molecular weight excluding hydrogens is 517 g/mol. The Bertz CT molecular complexity index is 1320. The highest BCUT2D eigenvalue weighted by Crippen LogP contribution is 2.32. The van der Waals surface area contributed by atoms with Gasteiger partial charge in [0.1, 0.15) is 6.61 Å². The molecule has 0 saturated heterocycles. The number of carbonyl (C=O) groups is 1. The van der Waals surface area contributed by atoms with E-state index in [2.05, 4.69) is 10.2 Å². The molecule has 9 nitrogen and oxygen atoms in total.